The van der Waals surface area contributed by atoms with Gasteiger partial charge in [0.05, 0.1) is 5.56 Å². The zero-order chi connectivity index (χ0) is 19.5. The van der Waals surface area contributed by atoms with Crippen molar-refractivity contribution >= 4 is 17.5 Å². The highest BCUT2D eigenvalue weighted by atomic mass is 19.4. The third-order valence-corrected chi connectivity index (χ3v) is 4.22. The number of carbonyl (C=O) groups excluding carboxylic acids is 1. The molecule has 8 heteroatoms. The summed E-state index contributed by atoms with van der Waals surface area (Å²) in [5.41, 5.74) is 4.50. The largest absolute Gasteiger partial charge is 0.444 e. The van der Waals surface area contributed by atoms with Gasteiger partial charge in [-0.15, -0.1) is 0 Å². The van der Waals surface area contributed by atoms with E-state index in [0.717, 1.165) is 6.07 Å². The predicted octanol–water partition coefficient (Wildman–Crippen LogP) is 4.03. The number of carbonyl (C=O) groups is 1. The fourth-order valence-electron chi connectivity index (χ4n) is 2.98. The number of nitrogens with one attached hydrogen (secondary N) is 1. The van der Waals surface area contributed by atoms with Gasteiger partial charge in [0.2, 0.25) is 0 Å². The molecule has 26 heavy (non-hydrogen) atoms. The van der Waals surface area contributed by atoms with E-state index in [2.05, 4.69) is 5.32 Å². The van der Waals surface area contributed by atoms with Crippen LogP contribution in [0.1, 0.15) is 39.2 Å². The van der Waals surface area contributed by atoms with Gasteiger partial charge in [0, 0.05) is 31.0 Å². The molecule has 0 aliphatic carbocycles. The van der Waals surface area contributed by atoms with Gasteiger partial charge in [-0.3, -0.25) is 0 Å². The van der Waals surface area contributed by atoms with Crippen LogP contribution >= 0.6 is 0 Å². The lowest BCUT2D eigenvalue weighted by Crippen LogP contribution is -2.40. The molecular formula is C18H26F3N3O2. The number of hydrogen-bond acceptors (Lipinski definition) is 4. The summed E-state index contributed by atoms with van der Waals surface area (Å²) in [7, 11) is 0. The Morgan fingerprint density at radius 3 is 2.42 bits per heavy atom. The number of alkyl carbamates (subject to hydrolysis) is 1. The molecule has 1 saturated heterocycles. The van der Waals surface area contributed by atoms with Crippen LogP contribution in [-0.4, -0.2) is 31.3 Å². The van der Waals surface area contributed by atoms with Crippen LogP contribution in [0.15, 0.2) is 18.2 Å². The lowest BCUT2D eigenvalue weighted by atomic mass is 9.95. The number of rotatable bonds is 3. The number of piperidine rings is 1. The molecule has 0 spiro atoms. The SMILES string of the molecule is CC(C)(C)OC(=O)NCC1CCN(c2ccc(N)cc2C(F)(F)F)CC1. The maximum Gasteiger partial charge on any atom is 0.418 e. The summed E-state index contributed by atoms with van der Waals surface area (Å²) in [6.07, 6.45) is -3.53. The lowest BCUT2D eigenvalue weighted by Gasteiger charge is -2.35. The van der Waals surface area contributed by atoms with Gasteiger partial charge in [-0.25, -0.2) is 4.79 Å². The Labute approximate surface area is 151 Å². The highest BCUT2D eigenvalue weighted by Crippen LogP contribution is 2.39. The number of halogens is 3. The molecule has 0 bridgehead atoms. The average molecular weight is 373 g/mol. The van der Waals surface area contributed by atoms with Gasteiger partial charge in [-0.1, -0.05) is 0 Å². The summed E-state index contributed by atoms with van der Waals surface area (Å²) in [6, 6.07) is 3.89. The topological polar surface area (TPSA) is 67.6 Å². The van der Waals surface area contributed by atoms with Crippen LogP contribution in [0.3, 0.4) is 0 Å². The maximum absolute atomic E-state index is 13.3. The van der Waals surface area contributed by atoms with Crippen molar-refractivity contribution in [3.05, 3.63) is 23.8 Å². The molecule has 1 aliphatic heterocycles. The Morgan fingerprint density at radius 1 is 1.27 bits per heavy atom. The average Bonchev–Trinajstić information content (AvgIpc) is 2.51. The second-order valence-corrected chi connectivity index (χ2v) is 7.59. The second kappa shape index (κ2) is 7.63. The van der Waals surface area contributed by atoms with Crippen LogP contribution < -0.4 is 16.0 Å². The molecule has 0 saturated carbocycles. The highest BCUT2D eigenvalue weighted by Gasteiger charge is 2.36. The smallest absolute Gasteiger partial charge is 0.418 e. The molecule has 1 aliphatic rings. The number of amides is 1. The van der Waals surface area contributed by atoms with Crippen LogP contribution in [0, 0.1) is 5.92 Å². The number of nitrogen functional groups attached to an aromatic ring is 1. The molecule has 0 atom stereocenters. The van der Waals surface area contributed by atoms with Crippen molar-refractivity contribution < 1.29 is 22.7 Å². The van der Waals surface area contributed by atoms with Crippen molar-refractivity contribution in [2.45, 2.75) is 45.4 Å². The van der Waals surface area contributed by atoms with Gasteiger partial charge >= 0.3 is 12.3 Å². The molecule has 3 N–H and O–H groups in total. The first-order valence-electron chi connectivity index (χ1n) is 8.64. The monoisotopic (exact) mass is 373 g/mol. The van der Waals surface area contributed by atoms with Crippen molar-refractivity contribution in [2.24, 2.45) is 5.92 Å². The normalized spacial score (nSPS) is 16.5. The minimum Gasteiger partial charge on any atom is -0.444 e. The molecule has 0 unspecified atom stereocenters. The predicted molar refractivity (Wildman–Crippen MR) is 95.0 cm³/mol. The van der Waals surface area contributed by atoms with Crippen LogP contribution in [0.5, 0.6) is 0 Å². The van der Waals surface area contributed by atoms with Gasteiger partial charge in [-0.2, -0.15) is 13.2 Å². The molecule has 1 fully saturated rings. The third-order valence-electron chi connectivity index (χ3n) is 4.22. The molecule has 1 heterocycles. The summed E-state index contributed by atoms with van der Waals surface area (Å²) >= 11 is 0. The molecular weight excluding hydrogens is 347 g/mol. The van der Waals surface area contributed by atoms with Crippen molar-refractivity contribution in [3.8, 4) is 0 Å². The van der Waals surface area contributed by atoms with Crippen LogP contribution in [0.4, 0.5) is 29.3 Å². The zero-order valence-electron chi connectivity index (χ0n) is 15.3. The lowest BCUT2D eigenvalue weighted by molar-refractivity contribution is -0.137. The first-order chi connectivity index (χ1) is 12.0. The molecule has 1 aromatic rings. The van der Waals surface area contributed by atoms with E-state index in [-0.39, 0.29) is 17.3 Å². The number of ether oxygens (including phenoxy) is 1. The van der Waals surface area contributed by atoms with E-state index in [1.807, 2.05) is 0 Å². The molecule has 1 amide bonds. The minimum atomic E-state index is -4.44. The summed E-state index contributed by atoms with van der Waals surface area (Å²) in [5, 5.41) is 2.73. The van der Waals surface area contributed by atoms with E-state index in [1.165, 1.54) is 12.1 Å². The van der Waals surface area contributed by atoms with Gasteiger partial charge in [0.1, 0.15) is 5.60 Å². The Hall–Kier alpha value is -2.12. The molecule has 0 aromatic heterocycles. The summed E-state index contributed by atoms with van der Waals surface area (Å²) in [5.74, 6) is 0.210. The minimum absolute atomic E-state index is 0.0949. The van der Waals surface area contributed by atoms with Crippen LogP contribution in [-0.2, 0) is 10.9 Å². The number of nitrogens with zero attached hydrogens (tertiary/aromatic N) is 1. The van der Waals surface area contributed by atoms with Crippen molar-refractivity contribution in [1.82, 2.24) is 5.32 Å². The van der Waals surface area contributed by atoms with E-state index in [1.54, 1.807) is 25.7 Å². The number of hydrogen-bond donors (Lipinski definition) is 2. The summed E-state index contributed by atoms with van der Waals surface area (Å²) < 4.78 is 45.0. The Balaban J connectivity index is 1.92. The van der Waals surface area contributed by atoms with Crippen LogP contribution in [0.25, 0.3) is 0 Å². The van der Waals surface area contributed by atoms with Crippen molar-refractivity contribution in [2.75, 3.05) is 30.3 Å². The number of benzene rings is 1. The Morgan fingerprint density at radius 2 is 1.88 bits per heavy atom. The number of anilines is 2. The molecule has 2 rings (SSSR count). The third kappa shape index (κ3) is 5.71. The van der Waals surface area contributed by atoms with Crippen molar-refractivity contribution in [1.29, 1.82) is 0 Å². The molecule has 1 aromatic carbocycles. The summed E-state index contributed by atoms with van der Waals surface area (Å²) in [4.78, 5) is 13.4. The van der Waals surface area contributed by atoms with E-state index in [0.29, 0.717) is 32.5 Å². The Bertz CT molecular complexity index is 634. The van der Waals surface area contributed by atoms with Crippen LogP contribution in [0.2, 0.25) is 0 Å². The van der Waals surface area contributed by atoms with E-state index in [4.69, 9.17) is 10.5 Å². The first-order valence-corrected chi connectivity index (χ1v) is 8.64. The second-order valence-electron chi connectivity index (χ2n) is 7.59. The van der Waals surface area contributed by atoms with Gasteiger partial charge in [0.25, 0.3) is 0 Å². The fraction of sp³-hybridized carbons (Fsp3) is 0.611. The van der Waals surface area contributed by atoms with Gasteiger partial charge in [0.15, 0.2) is 0 Å². The quantitative estimate of drug-likeness (QED) is 0.785. The van der Waals surface area contributed by atoms with Gasteiger partial charge < -0.3 is 20.7 Å². The fourth-order valence-corrected chi connectivity index (χ4v) is 2.98. The Kier molecular flexibility index (Phi) is 5.93. The molecule has 5 nitrogen and oxygen atoms in total. The standard InChI is InChI=1S/C18H26F3N3O2/c1-17(2,3)26-16(25)23-11-12-6-8-24(9-7-12)15-5-4-13(22)10-14(15)18(19,20)21/h4-5,10,12H,6-9,11,22H2,1-3H3,(H,23,25). The maximum atomic E-state index is 13.3. The molecule has 146 valence electrons. The molecule has 0 radical (unpaired) electrons. The summed E-state index contributed by atoms with van der Waals surface area (Å²) in [6.45, 7) is 6.81. The first kappa shape index (κ1) is 20.2. The van der Waals surface area contributed by atoms with E-state index >= 15 is 0 Å². The zero-order valence-corrected chi connectivity index (χ0v) is 15.3. The van der Waals surface area contributed by atoms with E-state index in [9.17, 15) is 18.0 Å². The number of nitrogens with two attached hydrogens (primary N) is 1. The highest BCUT2D eigenvalue weighted by molar-refractivity contribution is 5.67. The van der Waals surface area contributed by atoms with Crippen molar-refractivity contribution in [3.63, 3.8) is 0 Å². The van der Waals surface area contributed by atoms with Gasteiger partial charge in [-0.05, 0) is 57.7 Å². The van der Waals surface area contributed by atoms with E-state index < -0.39 is 23.4 Å². The number of alkyl halides is 3.